The van der Waals surface area contributed by atoms with Crippen LogP contribution in [0, 0.1) is 0 Å². The second kappa shape index (κ2) is 9.78. The van der Waals surface area contributed by atoms with E-state index in [0.29, 0.717) is 22.3 Å². The highest BCUT2D eigenvalue weighted by atomic mass is 35.5. The number of amides is 1. The van der Waals surface area contributed by atoms with Crippen LogP contribution in [0.3, 0.4) is 0 Å². The van der Waals surface area contributed by atoms with Gasteiger partial charge in [-0.25, -0.2) is 9.10 Å². The monoisotopic (exact) mass is 541 g/mol. The van der Waals surface area contributed by atoms with Gasteiger partial charge in [0, 0.05) is 29.7 Å². The minimum Gasteiger partial charge on any atom is -0.454 e. The molecule has 3 aromatic carbocycles. The number of nitrogens with zero attached hydrogens (tertiary/aromatic N) is 1. The summed E-state index contributed by atoms with van der Waals surface area (Å²) >= 11 is 13.1. The zero-order chi connectivity index (χ0) is 24.6. The lowest BCUT2D eigenvalue weighted by Crippen LogP contribution is -2.32. The van der Waals surface area contributed by atoms with Crippen LogP contribution >= 0.6 is 35.4 Å². The third-order valence-electron chi connectivity index (χ3n) is 6.33. The number of nitrogens with one attached hydrogen (secondary N) is 2. The number of hydrogen-bond acceptors (Lipinski definition) is 6. The van der Waals surface area contributed by atoms with E-state index in [1.807, 2.05) is 24.3 Å². The maximum Gasteiger partial charge on any atom is 0.420 e. The van der Waals surface area contributed by atoms with Gasteiger partial charge >= 0.3 is 6.09 Å². The van der Waals surface area contributed by atoms with Crippen LogP contribution in [-0.2, 0) is 17.1 Å². The standard InChI is InChI=1S/C26H21Cl2N3O4S/c27-19-7-5-15(11-20(19)28)13-29-26(32)35-36-31-10-9-18-17-3-1-2-4-21(17)30-24(18)25(31)16-6-8-22-23(12-16)34-14-33-22/h1-8,11-12,25,30H,9-10,13-14H2,(H,29,32)/t25-/m1/s1. The van der Waals surface area contributed by atoms with Crippen LogP contribution in [0.5, 0.6) is 11.5 Å². The number of rotatable bonds is 5. The molecule has 0 aliphatic carbocycles. The number of para-hydroxylation sites is 1. The molecule has 0 fully saturated rings. The molecule has 0 unspecified atom stereocenters. The van der Waals surface area contributed by atoms with E-state index in [1.54, 1.807) is 18.2 Å². The van der Waals surface area contributed by atoms with Gasteiger partial charge in [-0.1, -0.05) is 53.5 Å². The van der Waals surface area contributed by atoms with E-state index in [4.69, 9.17) is 36.9 Å². The van der Waals surface area contributed by atoms with Crippen molar-refractivity contribution in [3.05, 3.63) is 93.1 Å². The Morgan fingerprint density at radius 3 is 2.83 bits per heavy atom. The smallest absolute Gasteiger partial charge is 0.420 e. The van der Waals surface area contributed by atoms with Crippen molar-refractivity contribution in [1.29, 1.82) is 0 Å². The second-order valence-electron chi connectivity index (χ2n) is 8.52. The Labute approximate surface area is 222 Å². The molecule has 2 aliphatic heterocycles. The van der Waals surface area contributed by atoms with Crippen molar-refractivity contribution < 1.29 is 18.5 Å². The van der Waals surface area contributed by atoms with Crippen LogP contribution < -0.4 is 14.8 Å². The summed E-state index contributed by atoms with van der Waals surface area (Å²) in [6, 6.07) is 19.3. The molecule has 4 aromatic rings. The Morgan fingerprint density at radius 1 is 1.08 bits per heavy atom. The van der Waals surface area contributed by atoms with Gasteiger partial charge < -0.3 is 24.0 Å². The number of ether oxygens (including phenoxy) is 2. The van der Waals surface area contributed by atoms with E-state index in [2.05, 4.69) is 32.8 Å². The average molecular weight is 542 g/mol. The van der Waals surface area contributed by atoms with Gasteiger partial charge in [-0.15, -0.1) is 0 Å². The molecular weight excluding hydrogens is 521 g/mol. The highest BCUT2D eigenvalue weighted by Crippen LogP contribution is 2.44. The Morgan fingerprint density at radius 2 is 1.94 bits per heavy atom. The molecule has 7 nitrogen and oxygen atoms in total. The first-order valence-corrected chi connectivity index (χ1v) is 12.8. The summed E-state index contributed by atoms with van der Waals surface area (Å²) in [6.45, 7) is 1.18. The molecule has 2 aliphatic rings. The number of carbonyl (C=O) groups excluding carboxylic acids is 1. The molecular formula is C26H21Cl2N3O4S. The Kier molecular flexibility index (Phi) is 6.35. The summed E-state index contributed by atoms with van der Waals surface area (Å²) in [4.78, 5) is 16.1. The fourth-order valence-corrected chi connectivity index (χ4v) is 5.67. The Bertz CT molecular complexity index is 1460. The van der Waals surface area contributed by atoms with Crippen molar-refractivity contribution in [2.24, 2.45) is 0 Å². The quantitative estimate of drug-likeness (QED) is 0.218. The van der Waals surface area contributed by atoms with Crippen molar-refractivity contribution in [1.82, 2.24) is 14.6 Å². The average Bonchev–Trinajstić information content (AvgIpc) is 3.51. The van der Waals surface area contributed by atoms with Crippen LogP contribution in [0.2, 0.25) is 10.0 Å². The zero-order valence-corrected chi connectivity index (χ0v) is 21.3. The van der Waals surface area contributed by atoms with Gasteiger partial charge in [0.25, 0.3) is 0 Å². The second-order valence-corrected chi connectivity index (χ2v) is 10.1. The van der Waals surface area contributed by atoms with Gasteiger partial charge in [-0.3, -0.25) is 0 Å². The number of hydrogen-bond donors (Lipinski definition) is 2. The lowest BCUT2D eigenvalue weighted by Gasteiger charge is -2.33. The number of aromatic nitrogens is 1. The van der Waals surface area contributed by atoms with Crippen molar-refractivity contribution >= 4 is 52.4 Å². The van der Waals surface area contributed by atoms with Crippen molar-refractivity contribution in [3.63, 3.8) is 0 Å². The topological polar surface area (TPSA) is 75.8 Å². The minimum atomic E-state index is -0.544. The molecule has 2 N–H and O–H groups in total. The van der Waals surface area contributed by atoms with Gasteiger partial charge in [0.2, 0.25) is 6.79 Å². The van der Waals surface area contributed by atoms with Crippen molar-refractivity contribution in [2.45, 2.75) is 19.0 Å². The number of H-pyrrole nitrogens is 1. The van der Waals surface area contributed by atoms with Gasteiger partial charge in [-0.05, 0) is 53.4 Å². The Balaban J connectivity index is 1.23. The molecule has 1 aromatic heterocycles. The largest absolute Gasteiger partial charge is 0.454 e. The molecule has 3 heterocycles. The van der Waals surface area contributed by atoms with E-state index < -0.39 is 6.09 Å². The highest BCUT2D eigenvalue weighted by molar-refractivity contribution is 7.92. The van der Waals surface area contributed by atoms with Crippen LogP contribution in [0.25, 0.3) is 10.9 Å². The summed E-state index contributed by atoms with van der Waals surface area (Å²) < 4.78 is 18.7. The molecule has 6 rings (SSSR count). The molecule has 1 atom stereocenters. The predicted octanol–water partition coefficient (Wildman–Crippen LogP) is 6.64. The lowest BCUT2D eigenvalue weighted by molar-refractivity contribution is 0.174. The third-order valence-corrected chi connectivity index (χ3v) is 7.88. The SMILES string of the molecule is O=C(NCc1ccc(Cl)c(Cl)c1)OSN1CCc2c([nH]c3ccccc23)[C@H]1c1ccc2c(c1)OCO2. The predicted molar refractivity (Wildman–Crippen MR) is 140 cm³/mol. The number of halogens is 2. The van der Waals surface area contributed by atoms with Crippen LogP contribution in [0.15, 0.2) is 60.7 Å². The summed E-state index contributed by atoms with van der Waals surface area (Å²) in [5, 5.41) is 4.88. The first kappa shape index (κ1) is 23.4. The maximum absolute atomic E-state index is 12.5. The van der Waals surface area contributed by atoms with Gasteiger partial charge in [0.15, 0.2) is 23.7 Å². The van der Waals surface area contributed by atoms with Crippen molar-refractivity contribution in [3.8, 4) is 11.5 Å². The molecule has 184 valence electrons. The molecule has 0 radical (unpaired) electrons. The van der Waals surface area contributed by atoms with Crippen LogP contribution in [0.1, 0.15) is 28.4 Å². The van der Waals surface area contributed by atoms with Crippen LogP contribution in [-0.4, -0.2) is 28.7 Å². The number of benzene rings is 3. The van der Waals surface area contributed by atoms with Gasteiger partial charge in [0.05, 0.1) is 16.1 Å². The van der Waals surface area contributed by atoms with E-state index >= 15 is 0 Å². The highest BCUT2D eigenvalue weighted by Gasteiger charge is 2.34. The molecule has 0 spiro atoms. The van der Waals surface area contributed by atoms with Crippen molar-refractivity contribution in [2.75, 3.05) is 13.3 Å². The molecule has 1 amide bonds. The number of fused-ring (bicyclic) bond motifs is 4. The Hall–Kier alpha value is -3.04. The molecule has 0 saturated heterocycles. The molecule has 10 heteroatoms. The van der Waals surface area contributed by atoms with E-state index in [1.165, 1.54) is 10.9 Å². The molecule has 36 heavy (non-hydrogen) atoms. The maximum atomic E-state index is 12.5. The summed E-state index contributed by atoms with van der Waals surface area (Å²) in [5.74, 6) is 1.43. The minimum absolute atomic E-state index is 0.177. The summed E-state index contributed by atoms with van der Waals surface area (Å²) in [7, 11) is 0. The number of aromatic amines is 1. The normalized spacial score (nSPS) is 16.7. The summed E-state index contributed by atoms with van der Waals surface area (Å²) in [5.41, 5.74) is 5.27. The number of carbonyl (C=O) groups is 1. The zero-order valence-electron chi connectivity index (χ0n) is 18.9. The van der Waals surface area contributed by atoms with Gasteiger partial charge in [-0.2, -0.15) is 0 Å². The van der Waals surface area contributed by atoms with E-state index in [-0.39, 0.29) is 19.4 Å². The van der Waals surface area contributed by atoms with Crippen LogP contribution in [0.4, 0.5) is 4.79 Å². The van der Waals surface area contributed by atoms with Gasteiger partial charge in [0.1, 0.15) is 0 Å². The van der Waals surface area contributed by atoms with E-state index in [9.17, 15) is 4.79 Å². The lowest BCUT2D eigenvalue weighted by atomic mass is 9.94. The first-order valence-electron chi connectivity index (χ1n) is 11.4. The summed E-state index contributed by atoms with van der Waals surface area (Å²) in [6.07, 6.45) is 0.278. The fourth-order valence-electron chi connectivity index (χ4n) is 4.65. The van der Waals surface area contributed by atoms with E-state index in [0.717, 1.165) is 46.7 Å². The third kappa shape index (κ3) is 4.46. The molecule has 0 bridgehead atoms. The first-order chi connectivity index (χ1) is 17.6. The fraction of sp³-hybridized carbons (Fsp3) is 0.192. The molecule has 0 saturated carbocycles.